The van der Waals surface area contributed by atoms with Crippen LogP contribution in [0, 0.1) is 6.92 Å². The highest BCUT2D eigenvalue weighted by atomic mass is 35.7. The van der Waals surface area contributed by atoms with E-state index in [0.717, 1.165) is 11.5 Å². The molecule has 0 saturated heterocycles. The number of halogens is 1. The minimum Gasteiger partial charge on any atom is -0.320 e. The van der Waals surface area contributed by atoms with Crippen molar-refractivity contribution in [3.63, 3.8) is 0 Å². The molecule has 9 heteroatoms. The lowest BCUT2D eigenvalue weighted by molar-refractivity contribution is 0.102. The zero-order valence-corrected chi connectivity index (χ0v) is 13.6. The smallest absolute Gasteiger partial charge is 0.277 e. The number of hydrogen-bond acceptors (Lipinski definition) is 6. The summed E-state index contributed by atoms with van der Waals surface area (Å²) in [7, 11) is 1.56. The summed E-state index contributed by atoms with van der Waals surface area (Å²) in [5.41, 5.74) is 2.09. The van der Waals surface area contributed by atoms with Gasteiger partial charge in [-0.15, -0.1) is 5.10 Å². The number of rotatable bonds is 4. The normalized spacial score (nSPS) is 11.4. The third-order valence-corrected chi connectivity index (χ3v) is 4.72. The Balaban J connectivity index is 2.42. The van der Waals surface area contributed by atoms with E-state index in [9.17, 15) is 13.2 Å². The maximum Gasteiger partial charge on any atom is 0.277 e. The van der Waals surface area contributed by atoms with Crippen LogP contribution in [0.3, 0.4) is 0 Å². The van der Waals surface area contributed by atoms with Gasteiger partial charge in [0, 0.05) is 21.7 Å². The van der Waals surface area contributed by atoms with Crippen LogP contribution in [0.5, 0.6) is 0 Å². The number of anilines is 1. The standard InChI is InChI=1S/C12H12ClN3O3S2/c1-3-8-5-9(21(13,18)19)4-7(2)11(8)14-12(17)10-6-20-16-15-10/h4-6H,3H2,1-2H3,(H,14,17). The third-order valence-electron chi connectivity index (χ3n) is 2.88. The summed E-state index contributed by atoms with van der Waals surface area (Å²) in [5.74, 6) is -0.386. The van der Waals surface area contributed by atoms with Gasteiger partial charge in [-0.05, 0) is 48.1 Å². The van der Waals surface area contributed by atoms with Gasteiger partial charge in [0.2, 0.25) is 0 Å². The molecule has 2 aromatic rings. The minimum absolute atomic E-state index is 0.0202. The monoisotopic (exact) mass is 345 g/mol. The van der Waals surface area contributed by atoms with E-state index in [1.165, 1.54) is 17.5 Å². The van der Waals surface area contributed by atoms with Crippen LogP contribution in [0.1, 0.15) is 28.5 Å². The summed E-state index contributed by atoms with van der Waals surface area (Å²) in [6.45, 7) is 3.57. The molecule has 0 saturated carbocycles. The SMILES string of the molecule is CCc1cc(S(=O)(=O)Cl)cc(C)c1NC(=O)c1csnn1. The lowest BCUT2D eigenvalue weighted by Crippen LogP contribution is -2.15. The highest BCUT2D eigenvalue weighted by Gasteiger charge is 2.17. The van der Waals surface area contributed by atoms with Crippen LogP contribution in [0.4, 0.5) is 5.69 Å². The minimum atomic E-state index is -3.81. The molecule has 0 aliphatic rings. The van der Waals surface area contributed by atoms with E-state index in [2.05, 4.69) is 14.9 Å². The number of benzene rings is 1. The first kappa shape index (κ1) is 15.9. The topological polar surface area (TPSA) is 89.0 Å². The van der Waals surface area contributed by atoms with Gasteiger partial charge >= 0.3 is 0 Å². The molecule has 0 aliphatic carbocycles. The molecular formula is C12H12ClN3O3S2. The molecule has 1 amide bonds. The Kier molecular flexibility index (Phi) is 4.60. The van der Waals surface area contributed by atoms with Crippen molar-refractivity contribution in [3.8, 4) is 0 Å². The van der Waals surface area contributed by atoms with Crippen molar-refractivity contribution in [1.82, 2.24) is 9.59 Å². The van der Waals surface area contributed by atoms with Crippen LogP contribution < -0.4 is 5.32 Å². The third kappa shape index (κ3) is 3.58. The van der Waals surface area contributed by atoms with Gasteiger partial charge in [-0.2, -0.15) is 0 Å². The molecule has 1 aromatic carbocycles. The molecule has 112 valence electrons. The highest BCUT2D eigenvalue weighted by Crippen LogP contribution is 2.28. The fourth-order valence-corrected chi connectivity index (χ4v) is 3.17. The highest BCUT2D eigenvalue weighted by molar-refractivity contribution is 8.13. The zero-order chi connectivity index (χ0) is 15.6. The Morgan fingerprint density at radius 2 is 2.14 bits per heavy atom. The van der Waals surface area contributed by atoms with E-state index < -0.39 is 9.05 Å². The molecule has 1 aromatic heterocycles. The van der Waals surface area contributed by atoms with E-state index >= 15 is 0 Å². The maximum atomic E-state index is 12.0. The predicted molar refractivity (Wildman–Crippen MR) is 81.5 cm³/mol. The second-order valence-corrected chi connectivity index (χ2v) is 7.49. The second-order valence-electron chi connectivity index (χ2n) is 4.31. The molecule has 0 aliphatic heterocycles. The Bertz CT molecular complexity index is 773. The van der Waals surface area contributed by atoms with Gasteiger partial charge in [-0.1, -0.05) is 11.4 Å². The van der Waals surface area contributed by atoms with Crippen LogP contribution in [0.2, 0.25) is 0 Å². The van der Waals surface area contributed by atoms with E-state index in [0.29, 0.717) is 23.2 Å². The first-order valence-electron chi connectivity index (χ1n) is 5.99. The summed E-state index contributed by atoms with van der Waals surface area (Å²) in [5, 5.41) is 7.97. The number of carbonyl (C=O) groups is 1. The number of aromatic nitrogens is 2. The molecular weight excluding hydrogens is 334 g/mol. The molecule has 2 rings (SSSR count). The van der Waals surface area contributed by atoms with Gasteiger partial charge in [0.05, 0.1) is 4.90 Å². The molecule has 0 radical (unpaired) electrons. The molecule has 0 bridgehead atoms. The van der Waals surface area contributed by atoms with Crippen molar-refractivity contribution in [2.24, 2.45) is 0 Å². The average Bonchev–Trinajstić information content (AvgIpc) is 2.93. The van der Waals surface area contributed by atoms with E-state index in [1.54, 1.807) is 6.92 Å². The number of amides is 1. The Hall–Kier alpha value is -1.51. The van der Waals surface area contributed by atoms with Crippen LogP contribution in [0.25, 0.3) is 0 Å². The van der Waals surface area contributed by atoms with Crippen molar-refractivity contribution >= 4 is 42.9 Å². The molecule has 21 heavy (non-hydrogen) atoms. The summed E-state index contributed by atoms with van der Waals surface area (Å²) in [6.07, 6.45) is 0.548. The fourth-order valence-electron chi connectivity index (χ4n) is 1.86. The maximum absolute atomic E-state index is 12.0. The Labute approximate surface area is 130 Å². The number of hydrogen-bond donors (Lipinski definition) is 1. The van der Waals surface area contributed by atoms with Crippen molar-refractivity contribution in [2.45, 2.75) is 25.2 Å². The van der Waals surface area contributed by atoms with Crippen molar-refractivity contribution < 1.29 is 13.2 Å². The molecule has 0 unspecified atom stereocenters. The van der Waals surface area contributed by atoms with Gasteiger partial charge in [-0.3, -0.25) is 4.79 Å². The van der Waals surface area contributed by atoms with E-state index in [-0.39, 0.29) is 16.5 Å². The van der Waals surface area contributed by atoms with Crippen LogP contribution >= 0.6 is 22.2 Å². The quantitative estimate of drug-likeness (QED) is 0.860. The number of nitrogens with one attached hydrogen (secondary N) is 1. The lowest BCUT2D eigenvalue weighted by atomic mass is 10.1. The van der Waals surface area contributed by atoms with Crippen LogP contribution in [0.15, 0.2) is 22.4 Å². The molecule has 0 spiro atoms. The summed E-state index contributed by atoms with van der Waals surface area (Å²) in [6, 6.07) is 2.89. The van der Waals surface area contributed by atoms with Crippen molar-refractivity contribution in [2.75, 3.05) is 5.32 Å². The largest absolute Gasteiger partial charge is 0.320 e. The molecule has 1 heterocycles. The van der Waals surface area contributed by atoms with Gasteiger partial charge in [0.1, 0.15) is 0 Å². The average molecular weight is 346 g/mol. The second kappa shape index (κ2) is 6.08. The fraction of sp³-hybridized carbons (Fsp3) is 0.250. The number of aryl methyl sites for hydroxylation is 2. The summed E-state index contributed by atoms with van der Waals surface area (Å²) >= 11 is 1.08. The molecule has 0 fully saturated rings. The van der Waals surface area contributed by atoms with Crippen molar-refractivity contribution in [1.29, 1.82) is 0 Å². The Morgan fingerprint density at radius 3 is 2.67 bits per heavy atom. The van der Waals surface area contributed by atoms with Gasteiger partial charge in [0.15, 0.2) is 5.69 Å². The van der Waals surface area contributed by atoms with E-state index in [1.807, 2.05) is 6.92 Å². The van der Waals surface area contributed by atoms with Gasteiger partial charge in [0.25, 0.3) is 15.0 Å². The number of carbonyl (C=O) groups excluding carboxylic acids is 1. The molecule has 0 atom stereocenters. The van der Waals surface area contributed by atoms with Gasteiger partial charge in [-0.25, -0.2) is 8.42 Å². The zero-order valence-electron chi connectivity index (χ0n) is 11.3. The number of nitrogens with zero attached hydrogens (tertiary/aromatic N) is 2. The van der Waals surface area contributed by atoms with Crippen molar-refractivity contribution in [3.05, 3.63) is 34.3 Å². The van der Waals surface area contributed by atoms with Crippen LogP contribution in [-0.4, -0.2) is 23.9 Å². The van der Waals surface area contributed by atoms with Crippen LogP contribution in [-0.2, 0) is 15.5 Å². The first-order valence-corrected chi connectivity index (χ1v) is 9.14. The molecule has 1 N–H and O–H groups in total. The summed E-state index contributed by atoms with van der Waals surface area (Å²) < 4.78 is 26.5. The first-order chi connectivity index (χ1) is 9.82. The Morgan fingerprint density at radius 1 is 1.43 bits per heavy atom. The molecule has 6 nitrogen and oxygen atoms in total. The lowest BCUT2D eigenvalue weighted by Gasteiger charge is -2.13. The summed E-state index contributed by atoms with van der Waals surface area (Å²) in [4.78, 5) is 12.0. The predicted octanol–water partition coefficient (Wildman–Crippen LogP) is 2.59. The van der Waals surface area contributed by atoms with Gasteiger partial charge < -0.3 is 5.32 Å². The van der Waals surface area contributed by atoms with E-state index in [4.69, 9.17) is 10.7 Å².